The van der Waals surface area contributed by atoms with E-state index in [9.17, 15) is 4.79 Å². The van der Waals surface area contributed by atoms with Gasteiger partial charge in [-0.1, -0.05) is 23.2 Å². The number of amides is 1. The highest BCUT2D eigenvalue weighted by Gasteiger charge is 2.16. The van der Waals surface area contributed by atoms with Gasteiger partial charge in [-0.15, -0.1) is 0 Å². The zero-order chi connectivity index (χ0) is 12.3. The summed E-state index contributed by atoms with van der Waals surface area (Å²) in [6.07, 6.45) is 0.235. The Morgan fingerprint density at radius 2 is 2.12 bits per heavy atom. The molecule has 0 aliphatic heterocycles. The van der Waals surface area contributed by atoms with E-state index in [1.54, 1.807) is 12.1 Å². The quantitative estimate of drug-likeness (QED) is 0.860. The van der Waals surface area contributed by atoms with Gasteiger partial charge in [0, 0.05) is 11.4 Å². The molecule has 0 spiro atoms. The van der Waals surface area contributed by atoms with Crippen molar-refractivity contribution in [1.82, 2.24) is 0 Å². The van der Waals surface area contributed by atoms with Crippen LogP contribution in [0.5, 0.6) is 5.75 Å². The van der Waals surface area contributed by atoms with Gasteiger partial charge in [0.2, 0.25) is 5.91 Å². The van der Waals surface area contributed by atoms with Crippen molar-refractivity contribution in [2.24, 2.45) is 11.5 Å². The molecular weight excluding hydrogens is 251 g/mol. The summed E-state index contributed by atoms with van der Waals surface area (Å²) in [5.41, 5.74) is 11.3. The van der Waals surface area contributed by atoms with E-state index in [0.717, 1.165) is 0 Å². The number of methoxy groups -OCH3 is 1. The third kappa shape index (κ3) is 3.01. The number of nitrogens with two attached hydrogens (primary N) is 2. The highest BCUT2D eigenvalue weighted by molar-refractivity contribution is 6.35. The van der Waals surface area contributed by atoms with Gasteiger partial charge >= 0.3 is 0 Å². The van der Waals surface area contributed by atoms with Crippen molar-refractivity contribution < 1.29 is 9.53 Å². The Morgan fingerprint density at radius 3 is 2.62 bits per heavy atom. The molecule has 6 heteroatoms. The van der Waals surface area contributed by atoms with Crippen LogP contribution in [0.2, 0.25) is 10.0 Å². The first kappa shape index (κ1) is 13.1. The van der Waals surface area contributed by atoms with Crippen LogP contribution in [0.1, 0.15) is 5.56 Å². The molecule has 1 amide bonds. The van der Waals surface area contributed by atoms with Crippen molar-refractivity contribution >= 4 is 29.1 Å². The van der Waals surface area contributed by atoms with Crippen LogP contribution in [0.25, 0.3) is 0 Å². The highest BCUT2D eigenvalue weighted by Crippen LogP contribution is 2.32. The molecule has 0 heterocycles. The van der Waals surface area contributed by atoms with Gasteiger partial charge in [0.15, 0.2) is 0 Å². The fourth-order valence-corrected chi connectivity index (χ4v) is 1.94. The number of hydrogen-bond acceptors (Lipinski definition) is 3. The lowest BCUT2D eigenvalue weighted by molar-refractivity contribution is -0.119. The molecule has 1 unspecified atom stereocenters. The summed E-state index contributed by atoms with van der Waals surface area (Å²) in [6, 6.07) is 2.42. The van der Waals surface area contributed by atoms with Gasteiger partial charge in [-0.25, -0.2) is 0 Å². The molecule has 0 bridgehead atoms. The van der Waals surface area contributed by atoms with E-state index in [2.05, 4.69) is 0 Å². The first-order chi connectivity index (χ1) is 7.45. The number of ether oxygens (including phenoxy) is 1. The van der Waals surface area contributed by atoms with Crippen LogP contribution in [0.3, 0.4) is 0 Å². The van der Waals surface area contributed by atoms with Crippen molar-refractivity contribution in [2.45, 2.75) is 12.5 Å². The average molecular weight is 263 g/mol. The predicted molar refractivity (Wildman–Crippen MR) is 63.9 cm³/mol. The first-order valence-electron chi connectivity index (χ1n) is 4.52. The molecule has 0 fully saturated rings. The molecule has 4 N–H and O–H groups in total. The topological polar surface area (TPSA) is 78.3 Å². The van der Waals surface area contributed by atoms with E-state index >= 15 is 0 Å². The zero-order valence-electron chi connectivity index (χ0n) is 8.67. The predicted octanol–water partition coefficient (Wildman–Crippen LogP) is 1.36. The summed E-state index contributed by atoms with van der Waals surface area (Å²) in [5, 5.41) is 0.833. The Morgan fingerprint density at radius 1 is 1.50 bits per heavy atom. The summed E-state index contributed by atoms with van der Waals surface area (Å²) in [5.74, 6) is -0.124. The Labute approximate surface area is 103 Å². The highest BCUT2D eigenvalue weighted by atomic mass is 35.5. The maximum absolute atomic E-state index is 10.9. The minimum atomic E-state index is -0.788. The molecule has 0 saturated heterocycles. The molecule has 16 heavy (non-hydrogen) atoms. The zero-order valence-corrected chi connectivity index (χ0v) is 10.2. The number of rotatable bonds is 4. The van der Waals surface area contributed by atoms with Crippen molar-refractivity contribution in [2.75, 3.05) is 7.11 Å². The Hall–Kier alpha value is -0.970. The Bertz CT molecular complexity index is 410. The second-order valence-corrected chi connectivity index (χ2v) is 4.14. The lowest BCUT2D eigenvalue weighted by atomic mass is 10.1. The molecule has 88 valence electrons. The second-order valence-electron chi connectivity index (χ2n) is 3.29. The smallest absolute Gasteiger partial charge is 0.234 e. The monoisotopic (exact) mass is 262 g/mol. The van der Waals surface area contributed by atoms with Gasteiger partial charge in [0.05, 0.1) is 18.2 Å². The number of benzene rings is 1. The standard InChI is InChI=1S/C10H12Cl2N2O2/c1-16-9-5(3-8(13)10(14)15)2-6(11)4-7(9)12/h2,4,8H,3,13H2,1H3,(H2,14,15). The molecule has 0 radical (unpaired) electrons. The van der Waals surface area contributed by atoms with E-state index in [1.165, 1.54) is 7.11 Å². The van der Waals surface area contributed by atoms with Crippen LogP contribution in [-0.2, 0) is 11.2 Å². The number of hydrogen-bond donors (Lipinski definition) is 2. The van der Waals surface area contributed by atoms with Crippen molar-refractivity contribution in [1.29, 1.82) is 0 Å². The van der Waals surface area contributed by atoms with E-state index in [0.29, 0.717) is 21.4 Å². The van der Waals surface area contributed by atoms with E-state index in [-0.39, 0.29) is 6.42 Å². The molecule has 1 atom stereocenters. The SMILES string of the molecule is COc1c(Cl)cc(Cl)cc1CC(N)C(N)=O. The molecule has 1 rings (SSSR count). The van der Waals surface area contributed by atoms with Crippen molar-refractivity contribution in [3.05, 3.63) is 27.7 Å². The second kappa shape index (κ2) is 5.39. The largest absolute Gasteiger partial charge is 0.495 e. The van der Waals surface area contributed by atoms with Gasteiger partial charge in [0.1, 0.15) is 5.75 Å². The van der Waals surface area contributed by atoms with Crippen LogP contribution >= 0.6 is 23.2 Å². The molecule has 0 saturated carbocycles. The Kier molecular flexibility index (Phi) is 4.41. The molecular formula is C10H12Cl2N2O2. The molecule has 1 aromatic carbocycles. The number of carbonyl (C=O) groups is 1. The molecule has 0 aromatic heterocycles. The summed E-state index contributed by atoms with van der Waals surface area (Å²) in [7, 11) is 1.48. The van der Waals surface area contributed by atoms with E-state index < -0.39 is 11.9 Å². The van der Waals surface area contributed by atoms with Crippen LogP contribution in [0.15, 0.2) is 12.1 Å². The third-order valence-electron chi connectivity index (χ3n) is 2.09. The first-order valence-corrected chi connectivity index (χ1v) is 5.28. The van der Waals surface area contributed by atoms with Gasteiger partial charge in [0.25, 0.3) is 0 Å². The van der Waals surface area contributed by atoms with Gasteiger partial charge in [-0.2, -0.15) is 0 Å². The lowest BCUT2D eigenvalue weighted by Gasteiger charge is -2.13. The van der Waals surface area contributed by atoms with E-state index in [4.69, 9.17) is 39.4 Å². The van der Waals surface area contributed by atoms with Crippen LogP contribution in [0.4, 0.5) is 0 Å². The number of halogens is 2. The Balaban J connectivity index is 3.07. The maximum Gasteiger partial charge on any atom is 0.234 e. The van der Waals surface area contributed by atoms with E-state index in [1.807, 2.05) is 0 Å². The average Bonchev–Trinajstić information content (AvgIpc) is 2.16. The maximum atomic E-state index is 10.9. The number of primary amides is 1. The summed E-state index contributed by atoms with van der Waals surface area (Å²) in [4.78, 5) is 10.9. The normalized spacial score (nSPS) is 12.2. The summed E-state index contributed by atoms with van der Waals surface area (Å²) < 4.78 is 5.11. The van der Waals surface area contributed by atoms with Crippen LogP contribution < -0.4 is 16.2 Å². The van der Waals surface area contributed by atoms with Crippen molar-refractivity contribution in [3.8, 4) is 5.75 Å². The molecule has 4 nitrogen and oxygen atoms in total. The van der Waals surface area contributed by atoms with Crippen LogP contribution in [0, 0.1) is 0 Å². The summed E-state index contributed by atoms with van der Waals surface area (Å²) in [6.45, 7) is 0. The number of carbonyl (C=O) groups excluding carboxylic acids is 1. The molecule has 0 aliphatic carbocycles. The van der Waals surface area contributed by atoms with Crippen LogP contribution in [-0.4, -0.2) is 19.1 Å². The fourth-order valence-electron chi connectivity index (χ4n) is 1.33. The molecule has 0 aliphatic rings. The van der Waals surface area contributed by atoms with Gasteiger partial charge in [-0.05, 0) is 17.7 Å². The fraction of sp³-hybridized carbons (Fsp3) is 0.300. The minimum absolute atomic E-state index is 0.235. The van der Waals surface area contributed by atoms with Gasteiger partial charge < -0.3 is 16.2 Å². The minimum Gasteiger partial charge on any atom is -0.495 e. The third-order valence-corrected chi connectivity index (χ3v) is 2.59. The lowest BCUT2D eigenvalue weighted by Crippen LogP contribution is -2.38. The summed E-state index contributed by atoms with van der Waals surface area (Å²) >= 11 is 11.8. The molecule has 1 aromatic rings. The van der Waals surface area contributed by atoms with Gasteiger partial charge in [-0.3, -0.25) is 4.79 Å². The van der Waals surface area contributed by atoms with Crippen molar-refractivity contribution in [3.63, 3.8) is 0 Å².